The predicted molar refractivity (Wildman–Crippen MR) is 61.6 cm³/mol. The molecule has 1 aromatic rings. The second kappa shape index (κ2) is 5.18. The minimum Gasteiger partial charge on any atom is -0.385 e. The first-order valence-corrected chi connectivity index (χ1v) is 5.61. The van der Waals surface area contributed by atoms with Crippen LogP contribution >= 0.6 is 11.8 Å². The molecule has 0 fully saturated rings. The summed E-state index contributed by atoms with van der Waals surface area (Å²) in [4.78, 5) is 1.34. The third-order valence-electron chi connectivity index (χ3n) is 1.61. The van der Waals surface area contributed by atoms with Crippen LogP contribution in [0.5, 0.6) is 0 Å². The van der Waals surface area contributed by atoms with Gasteiger partial charge in [-0.25, -0.2) is 0 Å². The Kier molecular flexibility index (Phi) is 4.16. The Bertz CT molecular complexity index is 241. The highest BCUT2D eigenvalue weighted by Crippen LogP contribution is 2.23. The lowest BCUT2D eigenvalue weighted by Gasteiger charge is -2.06. The van der Waals surface area contributed by atoms with Crippen LogP contribution in [0, 0.1) is 0 Å². The largest absolute Gasteiger partial charge is 0.385 e. The molecule has 13 heavy (non-hydrogen) atoms. The van der Waals surface area contributed by atoms with Gasteiger partial charge in [0.05, 0.1) is 0 Å². The molecule has 2 heteroatoms. The van der Waals surface area contributed by atoms with Crippen LogP contribution in [-0.4, -0.2) is 11.8 Å². The maximum atomic E-state index is 3.28. The molecule has 1 N–H and O–H groups in total. The van der Waals surface area contributed by atoms with Crippen molar-refractivity contribution in [2.75, 3.05) is 11.9 Å². The molecule has 0 bridgehead atoms. The number of nitrogens with one attached hydrogen (secondary N) is 1. The van der Waals surface area contributed by atoms with Gasteiger partial charge in [-0.2, -0.15) is 0 Å². The van der Waals surface area contributed by atoms with E-state index in [2.05, 4.69) is 50.4 Å². The summed E-state index contributed by atoms with van der Waals surface area (Å²) in [6.45, 7) is 7.51. The minimum absolute atomic E-state index is 0.657. The van der Waals surface area contributed by atoms with E-state index < -0.39 is 0 Å². The zero-order valence-electron chi connectivity index (χ0n) is 8.50. The van der Waals surface area contributed by atoms with E-state index in [1.54, 1.807) is 0 Å². The molecule has 0 saturated carbocycles. The van der Waals surface area contributed by atoms with Gasteiger partial charge in [0.25, 0.3) is 0 Å². The summed E-state index contributed by atoms with van der Waals surface area (Å²) in [7, 11) is 0. The molecule has 0 radical (unpaired) electrons. The Morgan fingerprint density at radius 3 is 2.31 bits per heavy atom. The first-order chi connectivity index (χ1) is 6.22. The molecule has 0 aliphatic carbocycles. The van der Waals surface area contributed by atoms with Crippen molar-refractivity contribution in [3.8, 4) is 0 Å². The lowest BCUT2D eigenvalue weighted by atomic mass is 10.3. The summed E-state index contributed by atoms with van der Waals surface area (Å²) in [5.41, 5.74) is 1.20. The Labute approximate surface area is 84.9 Å². The van der Waals surface area contributed by atoms with Crippen LogP contribution in [0.4, 0.5) is 5.69 Å². The van der Waals surface area contributed by atoms with Gasteiger partial charge in [-0.3, -0.25) is 0 Å². The van der Waals surface area contributed by atoms with Crippen molar-refractivity contribution >= 4 is 17.4 Å². The van der Waals surface area contributed by atoms with Crippen molar-refractivity contribution in [2.24, 2.45) is 0 Å². The molecule has 1 nitrogen and oxygen atoms in total. The minimum atomic E-state index is 0.657. The monoisotopic (exact) mass is 195 g/mol. The van der Waals surface area contributed by atoms with Gasteiger partial charge in [0.1, 0.15) is 0 Å². The fourth-order valence-corrected chi connectivity index (χ4v) is 1.97. The van der Waals surface area contributed by atoms with Crippen molar-refractivity contribution in [3.05, 3.63) is 24.3 Å². The fraction of sp³-hybridized carbons (Fsp3) is 0.455. The van der Waals surface area contributed by atoms with Crippen molar-refractivity contribution in [2.45, 2.75) is 30.9 Å². The van der Waals surface area contributed by atoms with Gasteiger partial charge in [0.15, 0.2) is 0 Å². The molecule has 0 saturated heterocycles. The number of rotatable bonds is 4. The summed E-state index contributed by atoms with van der Waals surface area (Å²) < 4.78 is 0. The van der Waals surface area contributed by atoms with Crippen molar-refractivity contribution in [1.82, 2.24) is 0 Å². The molecule has 0 spiro atoms. The predicted octanol–water partition coefficient (Wildman–Crippen LogP) is 3.62. The molecule has 0 amide bonds. The lowest BCUT2D eigenvalue weighted by molar-refractivity contribution is 1.11. The summed E-state index contributed by atoms with van der Waals surface area (Å²) in [5.74, 6) is 0. The number of thioether (sulfide) groups is 1. The number of hydrogen-bond donors (Lipinski definition) is 1. The third kappa shape index (κ3) is 3.73. The molecule has 0 heterocycles. The second-order valence-corrected chi connectivity index (χ2v) is 4.87. The van der Waals surface area contributed by atoms with E-state index in [0.717, 1.165) is 6.54 Å². The smallest absolute Gasteiger partial charge is 0.0340 e. The van der Waals surface area contributed by atoms with Crippen LogP contribution in [-0.2, 0) is 0 Å². The van der Waals surface area contributed by atoms with Gasteiger partial charge in [-0.1, -0.05) is 13.8 Å². The lowest BCUT2D eigenvalue weighted by Crippen LogP contribution is -1.95. The van der Waals surface area contributed by atoms with E-state index in [-0.39, 0.29) is 0 Å². The third-order valence-corrected chi connectivity index (χ3v) is 2.62. The molecular formula is C11H17NS. The summed E-state index contributed by atoms with van der Waals surface area (Å²) in [5, 5.41) is 3.94. The summed E-state index contributed by atoms with van der Waals surface area (Å²) in [6.07, 6.45) is 0. The molecule has 0 aromatic heterocycles. The van der Waals surface area contributed by atoms with Crippen LogP contribution in [0.3, 0.4) is 0 Å². The Hall–Kier alpha value is -0.630. The zero-order valence-corrected chi connectivity index (χ0v) is 9.32. The van der Waals surface area contributed by atoms with Crippen LogP contribution in [0.1, 0.15) is 20.8 Å². The van der Waals surface area contributed by atoms with E-state index in [1.807, 2.05) is 11.8 Å². The number of hydrogen-bond acceptors (Lipinski definition) is 2. The van der Waals surface area contributed by atoms with Crippen LogP contribution in [0.25, 0.3) is 0 Å². The van der Waals surface area contributed by atoms with Crippen molar-refractivity contribution in [3.63, 3.8) is 0 Å². The number of anilines is 1. The van der Waals surface area contributed by atoms with Gasteiger partial charge in [-0.05, 0) is 31.2 Å². The fourth-order valence-electron chi connectivity index (χ4n) is 1.13. The first kappa shape index (κ1) is 10.5. The van der Waals surface area contributed by atoms with E-state index >= 15 is 0 Å². The summed E-state index contributed by atoms with van der Waals surface area (Å²) >= 11 is 1.90. The molecule has 0 unspecified atom stereocenters. The Balaban J connectivity index is 2.59. The molecule has 0 aliphatic rings. The average molecular weight is 195 g/mol. The zero-order chi connectivity index (χ0) is 9.68. The highest BCUT2D eigenvalue weighted by Gasteiger charge is 1.97. The van der Waals surface area contributed by atoms with Crippen LogP contribution in [0.2, 0.25) is 0 Å². The van der Waals surface area contributed by atoms with E-state index in [4.69, 9.17) is 0 Å². The normalized spacial score (nSPS) is 10.5. The topological polar surface area (TPSA) is 12.0 Å². The van der Waals surface area contributed by atoms with E-state index in [1.165, 1.54) is 10.6 Å². The Morgan fingerprint density at radius 2 is 1.85 bits per heavy atom. The van der Waals surface area contributed by atoms with Crippen LogP contribution in [0.15, 0.2) is 29.2 Å². The van der Waals surface area contributed by atoms with E-state index in [9.17, 15) is 0 Å². The maximum Gasteiger partial charge on any atom is 0.0340 e. The quantitative estimate of drug-likeness (QED) is 0.736. The maximum absolute atomic E-state index is 3.28. The van der Waals surface area contributed by atoms with Crippen LogP contribution < -0.4 is 5.32 Å². The SMILES string of the molecule is CCNc1ccc(SC(C)C)cc1. The Morgan fingerprint density at radius 1 is 1.23 bits per heavy atom. The van der Waals surface area contributed by atoms with Crippen molar-refractivity contribution < 1.29 is 0 Å². The van der Waals surface area contributed by atoms with Gasteiger partial charge in [0, 0.05) is 22.4 Å². The molecule has 0 atom stereocenters. The molecule has 0 aliphatic heterocycles. The second-order valence-electron chi connectivity index (χ2n) is 3.22. The standard InChI is InChI=1S/C11H17NS/c1-4-12-10-5-7-11(8-6-10)13-9(2)3/h5-9,12H,4H2,1-3H3. The van der Waals surface area contributed by atoms with Gasteiger partial charge >= 0.3 is 0 Å². The van der Waals surface area contributed by atoms with Crippen molar-refractivity contribution in [1.29, 1.82) is 0 Å². The molecule has 1 aromatic carbocycles. The summed E-state index contributed by atoms with van der Waals surface area (Å²) in [6, 6.07) is 8.60. The average Bonchev–Trinajstić information content (AvgIpc) is 2.08. The molecule has 1 rings (SSSR count). The van der Waals surface area contributed by atoms with Gasteiger partial charge in [0.2, 0.25) is 0 Å². The van der Waals surface area contributed by atoms with Gasteiger partial charge < -0.3 is 5.32 Å². The molecule has 72 valence electrons. The first-order valence-electron chi connectivity index (χ1n) is 4.73. The highest BCUT2D eigenvalue weighted by atomic mass is 32.2. The molecular weight excluding hydrogens is 178 g/mol. The van der Waals surface area contributed by atoms with E-state index in [0.29, 0.717) is 5.25 Å². The number of benzene rings is 1. The van der Waals surface area contributed by atoms with Gasteiger partial charge in [-0.15, -0.1) is 11.8 Å². The highest BCUT2D eigenvalue weighted by molar-refractivity contribution is 7.99.